The van der Waals surface area contributed by atoms with Crippen LogP contribution in [0.4, 0.5) is 0 Å². The van der Waals surface area contributed by atoms with Crippen molar-refractivity contribution < 1.29 is 9.90 Å². The summed E-state index contributed by atoms with van der Waals surface area (Å²) >= 11 is 0. The van der Waals surface area contributed by atoms with E-state index in [0.717, 1.165) is 25.7 Å². The Labute approximate surface area is 105 Å². The molecular formula is C14H27NO2. The Hall–Kier alpha value is -0.570. The third-order valence-electron chi connectivity index (χ3n) is 4.27. The molecule has 100 valence electrons. The highest BCUT2D eigenvalue weighted by atomic mass is 16.4. The van der Waals surface area contributed by atoms with E-state index in [1.54, 1.807) is 0 Å². The highest BCUT2D eigenvalue weighted by Crippen LogP contribution is 2.33. The second kappa shape index (κ2) is 6.39. The first kappa shape index (κ1) is 14.5. The Morgan fingerprint density at radius 3 is 2.06 bits per heavy atom. The number of likely N-dealkylation sites (N-methyl/N-ethyl adjacent to an activating group) is 1. The summed E-state index contributed by atoms with van der Waals surface area (Å²) in [6, 6.07) is 0.476. The van der Waals surface area contributed by atoms with E-state index >= 15 is 0 Å². The van der Waals surface area contributed by atoms with Crippen molar-refractivity contribution in [1.82, 2.24) is 4.90 Å². The zero-order chi connectivity index (χ0) is 12.9. The van der Waals surface area contributed by atoms with Crippen LogP contribution in [0.2, 0.25) is 0 Å². The lowest BCUT2D eigenvalue weighted by Crippen LogP contribution is -2.56. The average Bonchev–Trinajstić information content (AvgIpc) is 2.80. The molecule has 0 aromatic heterocycles. The Bertz CT molecular complexity index is 241. The van der Waals surface area contributed by atoms with Gasteiger partial charge in [-0.05, 0) is 32.7 Å². The topological polar surface area (TPSA) is 40.5 Å². The van der Waals surface area contributed by atoms with Gasteiger partial charge in [-0.3, -0.25) is 9.69 Å². The minimum atomic E-state index is -0.629. The van der Waals surface area contributed by atoms with Crippen molar-refractivity contribution in [2.75, 3.05) is 7.05 Å². The number of nitrogens with zero attached hydrogens (tertiary/aromatic N) is 1. The van der Waals surface area contributed by atoms with Crippen LogP contribution in [0.3, 0.4) is 0 Å². The van der Waals surface area contributed by atoms with Crippen LogP contribution >= 0.6 is 0 Å². The fourth-order valence-electron chi connectivity index (χ4n) is 3.31. The van der Waals surface area contributed by atoms with Crippen LogP contribution in [0.15, 0.2) is 0 Å². The van der Waals surface area contributed by atoms with E-state index in [1.165, 1.54) is 25.7 Å². The molecule has 1 saturated carbocycles. The molecule has 1 fully saturated rings. The molecule has 3 heteroatoms. The van der Waals surface area contributed by atoms with Gasteiger partial charge in [0.2, 0.25) is 0 Å². The molecule has 0 atom stereocenters. The van der Waals surface area contributed by atoms with Crippen LogP contribution in [-0.4, -0.2) is 34.6 Å². The molecule has 0 aliphatic heterocycles. The maximum absolute atomic E-state index is 11.8. The molecule has 0 radical (unpaired) electrons. The van der Waals surface area contributed by atoms with E-state index in [4.69, 9.17) is 0 Å². The Balaban J connectivity index is 2.88. The summed E-state index contributed by atoms with van der Waals surface area (Å²) in [6.45, 7) is 4.16. The van der Waals surface area contributed by atoms with Gasteiger partial charge in [0.05, 0.1) is 0 Å². The molecule has 3 nitrogen and oxygen atoms in total. The van der Waals surface area contributed by atoms with Crippen LogP contribution in [-0.2, 0) is 4.79 Å². The lowest BCUT2D eigenvalue weighted by molar-refractivity contribution is -0.153. The molecule has 1 N–H and O–H groups in total. The molecule has 17 heavy (non-hydrogen) atoms. The number of hydrogen-bond acceptors (Lipinski definition) is 2. The Kier molecular flexibility index (Phi) is 5.44. The van der Waals surface area contributed by atoms with Crippen molar-refractivity contribution in [3.63, 3.8) is 0 Å². The fraction of sp³-hybridized carbons (Fsp3) is 0.929. The molecule has 1 aliphatic carbocycles. The summed E-state index contributed by atoms with van der Waals surface area (Å²) in [5, 5.41) is 9.68. The molecule has 1 rings (SSSR count). The molecular weight excluding hydrogens is 214 g/mol. The highest BCUT2D eigenvalue weighted by Gasteiger charge is 2.43. The van der Waals surface area contributed by atoms with E-state index in [2.05, 4.69) is 18.7 Å². The van der Waals surface area contributed by atoms with Crippen LogP contribution < -0.4 is 0 Å². The quantitative estimate of drug-likeness (QED) is 0.743. The predicted octanol–water partition coefficient (Wildman–Crippen LogP) is 3.28. The summed E-state index contributed by atoms with van der Waals surface area (Å²) in [5.74, 6) is -0.629. The zero-order valence-electron chi connectivity index (χ0n) is 11.5. The Morgan fingerprint density at radius 2 is 1.71 bits per heavy atom. The first-order valence-corrected chi connectivity index (χ1v) is 7.04. The monoisotopic (exact) mass is 241 g/mol. The normalized spacial score (nSPS) is 17.9. The van der Waals surface area contributed by atoms with Gasteiger partial charge in [-0.2, -0.15) is 0 Å². The van der Waals surface area contributed by atoms with E-state index in [1.807, 2.05) is 7.05 Å². The predicted molar refractivity (Wildman–Crippen MR) is 70.2 cm³/mol. The van der Waals surface area contributed by atoms with Gasteiger partial charge in [0, 0.05) is 6.04 Å². The van der Waals surface area contributed by atoms with Gasteiger partial charge in [0.25, 0.3) is 0 Å². The van der Waals surface area contributed by atoms with Gasteiger partial charge in [-0.25, -0.2) is 0 Å². The summed E-state index contributed by atoms with van der Waals surface area (Å²) in [5.41, 5.74) is -0.626. The van der Waals surface area contributed by atoms with E-state index < -0.39 is 11.5 Å². The smallest absolute Gasteiger partial charge is 0.324 e. The van der Waals surface area contributed by atoms with Crippen molar-refractivity contribution in [2.24, 2.45) is 0 Å². The molecule has 0 unspecified atom stereocenters. The van der Waals surface area contributed by atoms with Gasteiger partial charge >= 0.3 is 5.97 Å². The third-order valence-corrected chi connectivity index (χ3v) is 4.27. The van der Waals surface area contributed by atoms with E-state index in [-0.39, 0.29) is 0 Å². The minimum absolute atomic E-state index is 0.476. The number of aliphatic carboxylic acids is 1. The van der Waals surface area contributed by atoms with Crippen LogP contribution in [0.1, 0.15) is 65.2 Å². The largest absolute Gasteiger partial charge is 0.480 e. The lowest BCUT2D eigenvalue weighted by Gasteiger charge is -2.42. The number of carbonyl (C=O) groups is 1. The fourth-order valence-corrected chi connectivity index (χ4v) is 3.31. The number of hydrogen-bond donors (Lipinski definition) is 1. The Morgan fingerprint density at radius 1 is 1.24 bits per heavy atom. The second-order valence-electron chi connectivity index (χ2n) is 5.39. The van der Waals surface area contributed by atoms with E-state index in [9.17, 15) is 9.90 Å². The molecule has 0 bridgehead atoms. The number of carboxylic acid groups (broad SMARTS) is 1. The summed E-state index contributed by atoms with van der Waals surface area (Å²) in [6.07, 6.45) is 8.24. The van der Waals surface area contributed by atoms with Crippen molar-refractivity contribution in [2.45, 2.75) is 76.8 Å². The average molecular weight is 241 g/mol. The SMILES string of the molecule is CCCC(CCC)(C(=O)O)N(C)C1CCCC1. The summed E-state index contributed by atoms with van der Waals surface area (Å²) in [7, 11) is 2.02. The van der Waals surface area contributed by atoms with E-state index in [0.29, 0.717) is 6.04 Å². The lowest BCUT2D eigenvalue weighted by atomic mass is 9.85. The van der Waals surface area contributed by atoms with Gasteiger partial charge in [0.15, 0.2) is 0 Å². The molecule has 0 heterocycles. The molecule has 0 aromatic carbocycles. The molecule has 0 saturated heterocycles. The van der Waals surface area contributed by atoms with Gasteiger partial charge in [-0.1, -0.05) is 39.5 Å². The summed E-state index contributed by atoms with van der Waals surface area (Å²) < 4.78 is 0. The van der Waals surface area contributed by atoms with Gasteiger partial charge < -0.3 is 5.11 Å². The maximum atomic E-state index is 11.8. The first-order valence-electron chi connectivity index (χ1n) is 7.04. The molecule has 0 amide bonds. The maximum Gasteiger partial charge on any atom is 0.324 e. The third kappa shape index (κ3) is 3.01. The molecule has 0 aromatic rings. The molecule has 1 aliphatic rings. The minimum Gasteiger partial charge on any atom is -0.480 e. The zero-order valence-corrected chi connectivity index (χ0v) is 11.5. The van der Waals surface area contributed by atoms with Crippen molar-refractivity contribution in [1.29, 1.82) is 0 Å². The van der Waals surface area contributed by atoms with Crippen LogP contribution in [0.25, 0.3) is 0 Å². The number of carboxylic acids is 1. The van der Waals surface area contributed by atoms with Gasteiger partial charge in [-0.15, -0.1) is 0 Å². The summed E-state index contributed by atoms with van der Waals surface area (Å²) in [4.78, 5) is 13.9. The van der Waals surface area contributed by atoms with Gasteiger partial charge in [0.1, 0.15) is 5.54 Å². The highest BCUT2D eigenvalue weighted by molar-refractivity contribution is 5.78. The van der Waals surface area contributed by atoms with Crippen LogP contribution in [0, 0.1) is 0 Å². The second-order valence-corrected chi connectivity index (χ2v) is 5.39. The molecule has 0 spiro atoms. The first-order chi connectivity index (χ1) is 8.08. The standard InChI is InChI=1S/C14H27NO2/c1-4-10-14(11-5-2,13(16)17)15(3)12-8-6-7-9-12/h12H,4-11H2,1-3H3,(H,16,17). The number of rotatable bonds is 7. The van der Waals surface area contributed by atoms with Crippen molar-refractivity contribution in [3.05, 3.63) is 0 Å². The van der Waals surface area contributed by atoms with Crippen LogP contribution in [0.5, 0.6) is 0 Å². The van der Waals surface area contributed by atoms with Crippen molar-refractivity contribution in [3.8, 4) is 0 Å². The van der Waals surface area contributed by atoms with Crippen molar-refractivity contribution >= 4 is 5.97 Å².